The number of hydrogen-bond acceptors (Lipinski definition) is 5. The molecule has 0 aliphatic carbocycles. The molecule has 0 saturated heterocycles. The van der Waals surface area contributed by atoms with E-state index in [-0.39, 0.29) is 11.8 Å². The first-order valence-electron chi connectivity index (χ1n) is 7.93. The average molecular weight is 332 g/mol. The summed E-state index contributed by atoms with van der Waals surface area (Å²) in [6.07, 6.45) is 0.653. The Kier molecular flexibility index (Phi) is 5.84. The number of carbonyl (C=O) groups is 1. The minimum Gasteiger partial charge on any atom is -0.497 e. The lowest BCUT2D eigenvalue weighted by Gasteiger charge is -2.11. The molecule has 2 rings (SSSR count). The smallest absolute Gasteiger partial charge is 0.256 e. The van der Waals surface area contributed by atoms with E-state index in [0.717, 1.165) is 17.1 Å². The first kappa shape index (κ1) is 17.8. The zero-order chi connectivity index (χ0) is 17.7. The van der Waals surface area contributed by atoms with Gasteiger partial charge in [-0.1, -0.05) is 25.1 Å². The maximum Gasteiger partial charge on any atom is 0.256 e. The third-order valence-electron chi connectivity index (χ3n) is 3.81. The first-order valence-corrected chi connectivity index (χ1v) is 7.93. The number of hydrogen-bond donors (Lipinski definition) is 1. The lowest BCUT2D eigenvalue weighted by molar-refractivity contribution is 0.0951. The molecule has 0 saturated carbocycles. The highest BCUT2D eigenvalue weighted by molar-refractivity contribution is 5.96. The van der Waals surface area contributed by atoms with Gasteiger partial charge in [-0.3, -0.25) is 4.79 Å². The zero-order valence-electron chi connectivity index (χ0n) is 14.8. The van der Waals surface area contributed by atoms with Crippen molar-refractivity contribution in [2.75, 3.05) is 20.8 Å². The molecule has 1 heterocycles. The summed E-state index contributed by atoms with van der Waals surface area (Å²) >= 11 is 0. The predicted molar refractivity (Wildman–Crippen MR) is 90.9 cm³/mol. The number of rotatable bonds is 7. The van der Waals surface area contributed by atoms with Crippen molar-refractivity contribution in [2.45, 2.75) is 33.1 Å². The van der Waals surface area contributed by atoms with E-state index in [1.807, 2.05) is 32.0 Å². The first-order chi connectivity index (χ1) is 11.5. The second kappa shape index (κ2) is 7.86. The van der Waals surface area contributed by atoms with Crippen molar-refractivity contribution < 1.29 is 18.8 Å². The number of benzene rings is 1. The molecule has 0 aliphatic rings. The fourth-order valence-electron chi connectivity index (χ4n) is 2.51. The SMILES string of the molecule is COc1ccc(CCNC(=O)c2c(C)noc2C(C)C)c(OC)c1. The van der Waals surface area contributed by atoms with E-state index >= 15 is 0 Å². The highest BCUT2D eigenvalue weighted by Crippen LogP contribution is 2.25. The Labute approximate surface area is 142 Å². The Hall–Kier alpha value is -2.50. The molecule has 0 atom stereocenters. The summed E-state index contributed by atoms with van der Waals surface area (Å²) in [4.78, 5) is 12.4. The Morgan fingerprint density at radius 1 is 1.29 bits per heavy atom. The molecule has 0 aliphatic heterocycles. The van der Waals surface area contributed by atoms with E-state index in [2.05, 4.69) is 10.5 Å². The number of nitrogens with zero attached hydrogens (tertiary/aromatic N) is 1. The molecular formula is C18H24N2O4. The number of ether oxygens (including phenoxy) is 2. The van der Waals surface area contributed by atoms with Gasteiger partial charge in [0.1, 0.15) is 17.1 Å². The average Bonchev–Trinajstić information content (AvgIpc) is 2.96. The van der Waals surface area contributed by atoms with Crippen LogP contribution < -0.4 is 14.8 Å². The van der Waals surface area contributed by atoms with E-state index in [1.165, 1.54) is 0 Å². The molecule has 0 unspecified atom stereocenters. The number of nitrogens with one attached hydrogen (secondary N) is 1. The van der Waals surface area contributed by atoms with Gasteiger partial charge in [0.2, 0.25) is 0 Å². The van der Waals surface area contributed by atoms with Crippen LogP contribution in [-0.4, -0.2) is 31.8 Å². The Morgan fingerprint density at radius 2 is 2.04 bits per heavy atom. The molecule has 0 radical (unpaired) electrons. The van der Waals surface area contributed by atoms with Crippen molar-refractivity contribution in [3.8, 4) is 11.5 Å². The molecule has 1 aromatic heterocycles. The highest BCUT2D eigenvalue weighted by Gasteiger charge is 2.22. The van der Waals surface area contributed by atoms with Gasteiger partial charge >= 0.3 is 0 Å². The molecule has 0 spiro atoms. The van der Waals surface area contributed by atoms with Crippen molar-refractivity contribution in [2.24, 2.45) is 0 Å². The molecular weight excluding hydrogens is 308 g/mol. The van der Waals surface area contributed by atoms with Crippen LogP contribution in [0.15, 0.2) is 22.7 Å². The number of aromatic nitrogens is 1. The predicted octanol–water partition coefficient (Wildman–Crippen LogP) is 3.10. The van der Waals surface area contributed by atoms with Crippen LogP contribution in [0.2, 0.25) is 0 Å². The summed E-state index contributed by atoms with van der Waals surface area (Å²) < 4.78 is 15.8. The molecule has 0 bridgehead atoms. The third-order valence-corrected chi connectivity index (χ3v) is 3.81. The summed E-state index contributed by atoms with van der Waals surface area (Å²) in [6, 6.07) is 5.65. The topological polar surface area (TPSA) is 73.6 Å². The summed E-state index contributed by atoms with van der Waals surface area (Å²) in [5, 5.41) is 6.83. The van der Waals surface area contributed by atoms with Crippen LogP contribution in [0, 0.1) is 6.92 Å². The van der Waals surface area contributed by atoms with Crippen LogP contribution >= 0.6 is 0 Å². The van der Waals surface area contributed by atoms with Gasteiger partial charge < -0.3 is 19.3 Å². The van der Waals surface area contributed by atoms with E-state index in [4.69, 9.17) is 14.0 Å². The Balaban J connectivity index is 2.02. The minimum absolute atomic E-state index is 0.105. The molecule has 1 amide bonds. The van der Waals surface area contributed by atoms with E-state index < -0.39 is 0 Å². The van der Waals surface area contributed by atoms with Crippen LogP contribution in [0.5, 0.6) is 11.5 Å². The second-order valence-corrected chi connectivity index (χ2v) is 5.85. The third kappa shape index (κ3) is 3.88. The van der Waals surface area contributed by atoms with Crippen molar-refractivity contribution >= 4 is 5.91 Å². The molecule has 1 aromatic carbocycles. The fourth-order valence-corrected chi connectivity index (χ4v) is 2.51. The summed E-state index contributed by atoms with van der Waals surface area (Å²) in [6.45, 7) is 6.21. The lowest BCUT2D eigenvalue weighted by Crippen LogP contribution is -2.27. The van der Waals surface area contributed by atoms with Gasteiger partial charge in [0.25, 0.3) is 5.91 Å². The highest BCUT2D eigenvalue weighted by atomic mass is 16.5. The van der Waals surface area contributed by atoms with E-state index in [0.29, 0.717) is 30.0 Å². The largest absolute Gasteiger partial charge is 0.497 e. The molecule has 0 fully saturated rings. The van der Waals surface area contributed by atoms with Crippen molar-refractivity contribution in [3.05, 3.63) is 40.8 Å². The van der Waals surface area contributed by atoms with Gasteiger partial charge in [-0.2, -0.15) is 0 Å². The van der Waals surface area contributed by atoms with Crippen LogP contribution in [0.3, 0.4) is 0 Å². The quantitative estimate of drug-likeness (QED) is 0.843. The van der Waals surface area contributed by atoms with Crippen LogP contribution in [-0.2, 0) is 6.42 Å². The second-order valence-electron chi connectivity index (χ2n) is 5.85. The maximum absolute atomic E-state index is 12.4. The van der Waals surface area contributed by atoms with Crippen molar-refractivity contribution in [3.63, 3.8) is 0 Å². The molecule has 2 aromatic rings. The fraction of sp³-hybridized carbons (Fsp3) is 0.444. The molecule has 24 heavy (non-hydrogen) atoms. The number of methoxy groups -OCH3 is 2. The molecule has 6 nitrogen and oxygen atoms in total. The molecule has 6 heteroatoms. The van der Waals surface area contributed by atoms with Crippen molar-refractivity contribution in [1.29, 1.82) is 0 Å². The normalized spacial score (nSPS) is 10.8. The number of amides is 1. The Bertz CT molecular complexity index is 707. The lowest BCUT2D eigenvalue weighted by atomic mass is 10.0. The zero-order valence-corrected chi connectivity index (χ0v) is 14.8. The minimum atomic E-state index is -0.162. The number of aryl methyl sites for hydroxylation is 1. The van der Waals surface area contributed by atoms with Crippen LogP contribution in [0.4, 0.5) is 0 Å². The van der Waals surface area contributed by atoms with Gasteiger partial charge in [0, 0.05) is 18.5 Å². The van der Waals surface area contributed by atoms with Gasteiger partial charge in [-0.15, -0.1) is 0 Å². The van der Waals surface area contributed by atoms with Gasteiger partial charge in [-0.05, 0) is 25.0 Å². The van der Waals surface area contributed by atoms with Gasteiger partial charge in [-0.25, -0.2) is 0 Å². The van der Waals surface area contributed by atoms with Gasteiger partial charge in [0.05, 0.1) is 19.9 Å². The van der Waals surface area contributed by atoms with Crippen LogP contribution in [0.25, 0.3) is 0 Å². The van der Waals surface area contributed by atoms with Gasteiger partial charge in [0.15, 0.2) is 5.76 Å². The summed E-state index contributed by atoms with van der Waals surface area (Å²) in [7, 11) is 3.23. The Morgan fingerprint density at radius 3 is 2.67 bits per heavy atom. The van der Waals surface area contributed by atoms with E-state index in [1.54, 1.807) is 21.1 Å². The standard InChI is InChI=1S/C18H24N2O4/c1-11(2)17-16(12(3)20-24-17)18(21)19-9-8-13-6-7-14(22-4)10-15(13)23-5/h6-7,10-11H,8-9H2,1-5H3,(H,19,21). The summed E-state index contributed by atoms with van der Waals surface area (Å²) in [5.74, 6) is 2.04. The molecule has 130 valence electrons. The van der Waals surface area contributed by atoms with Crippen molar-refractivity contribution in [1.82, 2.24) is 10.5 Å². The van der Waals surface area contributed by atoms with E-state index in [9.17, 15) is 4.79 Å². The monoisotopic (exact) mass is 332 g/mol. The number of carbonyl (C=O) groups excluding carboxylic acids is 1. The maximum atomic E-state index is 12.4. The summed E-state index contributed by atoms with van der Waals surface area (Å²) in [5.41, 5.74) is 2.15. The molecule has 1 N–H and O–H groups in total. The van der Waals surface area contributed by atoms with Crippen LogP contribution in [0.1, 0.15) is 47.1 Å².